The molecule has 2 rings (SSSR count). The molecule has 0 aromatic carbocycles. The van der Waals surface area contributed by atoms with E-state index >= 15 is 0 Å². The lowest BCUT2D eigenvalue weighted by Gasteiger charge is -2.26. The molecule has 1 amide bonds. The molecule has 1 aliphatic carbocycles. The van der Waals surface area contributed by atoms with E-state index in [-0.39, 0.29) is 18.1 Å². The van der Waals surface area contributed by atoms with E-state index in [1.54, 1.807) is 7.11 Å². The van der Waals surface area contributed by atoms with Crippen LogP contribution in [0, 0.1) is 6.92 Å². The van der Waals surface area contributed by atoms with Crippen LogP contribution < -0.4 is 5.32 Å². The molecule has 0 bridgehead atoms. The van der Waals surface area contributed by atoms with Crippen LogP contribution in [0.2, 0.25) is 0 Å². The Bertz CT molecular complexity index is 432. The van der Waals surface area contributed by atoms with Gasteiger partial charge in [-0.2, -0.15) is 0 Å². The van der Waals surface area contributed by atoms with Crippen molar-refractivity contribution in [2.45, 2.75) is 50.9 Å². The van der Waals surface area contributed by atoms with E-state index in [0.717, 1.165) is 36.1 Å². The van der Waals surface area contributed by atoms with Crippen molar-refractivity contribution >= 4 is 17.2 Å². The Kier molecular flexibility index (Phi) is 4.96. The molecule has 106 valence electrons. The number of rotatable bonds is 3. The summed E-state index contributed by atoms with van der Waals surface area (Å²) in [5.74, 6) is -0.0895. The predicted molar refractivity (Wildman–Crippen MR) is 75.6 cm³/mol. The molecule has 0 spiro atoms. The van der Waals surface area contributed by atoms with E-state index in [4.69, 9.17) is 4.74 Å². The highest BCUT2D eigenvalue weighted by Gasteiger charge is 2.31. The number of hydrogen-bond acceptors (Lipinski definition) is 4. The third-order valence-electron chi connectivity index (χ3n) is 3.73. The number of carbonyl (C=O) groups is 1. The van der Waals surface area contributed by atoms with Gasteiger partial charge in [-0.15, -0.1) is 11.3 Å². The molecule has 2 N–H and O–H groups in total. The van der Waals surface area contributed by atoms with Crippen LogP contribution in [0.25, 0.3) is 0 Å². The van der Waals surface area contributed by atoms with Crippen LogP contribution in [0.1, 0.15) is 40.9 Å². The van der Waals surface area contributed by atoms with Crippen molar-refractivity contribution in [3.63, 3.8) is 0 Å². The second kappa shape index (κ2) is 6.50. The molecule has 1 saturated carbocycles. The Morgan fingerprint density at radius 1 is 1.47 bits per heavy atom. The fraction of sp³-hybridized carbons (Fsp3) is 0.643. The van der Waals surface area contributed by atoms with Crippen LogP contribution in [0.5, 0.6) is 0 Å². The van der Waals surface area contributed by atoms with Gasteiger partial charge in [-0.1, -0.05) is 12.8 Å². The van der Waals surface area contributed by atoms with Crippen LogP contribution in [0.4, 0.5) is 0 Å². The molecule has 1 aromatic heterocycles. The second-order valence-corrected chi connectivity index (χ2v) is 5.98. The van der Waals surface area contributed by atoms with Crippen molar-refractivity contribution in [2.24, 2.45) is 0 Å². The Balaban J connectivity index is 2.04. The van der Waals surface area contributed by atoms with E-state index in [0.29, 0.717) is 0 Å². The van der Waals surface area contributed by atoms with Crippen LogP contribution in [-0.4, -0.2) is 36.4 Å². The molecule has 1 fully saturated rings. The van der Waals surface area contributed by atoms with E-state index < -0.39 is 6.10 Å². The van der Waals surface area contributed by atoms with Gasteiger partial charge in [0.25, 0.3) is 5.91 Å². The van der Waals surface area contributed by atoms with Crippen molar-refractivity contribution in [3.05, 3.63) is 21.9 Å². The van der Waals surface area contributed by atoms with Gasteiger partial charge >= 0.3 is 0 Å². The first kappa shape index (κ1) is 14.5. The molecule has 3 atom stereocenters. The van der Waals surface area contributed by atoms with Crippen LogP contribution in [0.15, 0.2) is 11.4 Å². The van der Waals surface area contributed by atoms with Crippen LogP contribution in [0.3, 0.4) is 0 Å². The molecule has 4 nitrogen and oxygen atoms in total. The summed E-state index contributed by atoms with van der Waals surface area (Å²) in [4.78, 5) is 12.9. The molecule has 1 aliphatic rings. The van der Waals surface area contributed by atoms with Crippen molar-refractivity contribution in [3.8, 4) is 0 Å². The van der Waals surface area contributed by atoms with Gasteiger partial charge < -0.3 is 15.2 Å². The lowest BCUT2D eigenvalue weighted by atomic mass is 10.0. The molecule has 5 heteroatoms. The summed E-state index contributed by atoms with van der Waals surface area (Å²) < 4.78 is 5.31. The third kappa shape index (κ3) is 3.35. The maximum absolute atomic E-state index is 12.2. The summed E-state index contributed by atoms with van der Waals surface area (Å²) in [7, 11) is 1.61. The number of aliphatic hydroxyl groups is 1. The Morgan fingerprint density at radius 2 is 2.21 bits per heavy atom. The first-order valence-corrected chi connectivity index (χ1v) is 7.57. The van der Waals surface area contributed by atoms with Gasteiger partial charge in [0.15, 0.2) is 0 Å². The number of aryl methyl sites for hydroxylation is 1. The van der Waals surface area contributed by atoms with E-state index in [1.165, 1.54) is 11.3 Å². The highest BCUT2D eigenvalue weighted by Crippen LogP contribution is 2.22. The van der Waals surface area contributed by atoms with Gasteiger partial charge in [0, 0.05) is 7.11 Å². The number of thiophene rings is 1. The van der Waals surface area contributed by atoms with Gasteiger partial charge in [0.05, 0.1) is 17.0 Å². The lowest BCUT2D eigenvalue weighted by molar-refractivity contribution is -0.0277. The molecular weight excluding hydrogens is 262 g/mol. The summed E-state index contributed by atoms with van der Waals surface area (Å²) in [5.41, 5.74) is 0.980. The Hall–Kier alpha value is -0.910. The highest BCUT2D eigenvalue weighted by molar-refractivity contribution is 7.12. The fourth-order valence-electron chi connectivity index (χ4n) is 2.56. The normalized spacial score (nSPS) is 27.8. The van der Waals surface area contributed by atoms with Gasteiger partial charge in [-0.05, 0) is 36.8 Å². The minimum Gasteiger partial charge on any atom is -0.388 e. The number of carbonyl (C=O) groups excluding carboxylic acids is 1. The molecule has 0 unspecified atom stereocenters. The maximum atomic E-state index is 12.2. The summed E-state index contributed by atoms with van der Waals surface area (Å²) in [5, 5.41) is 15.2. The molecule has 1 heterocycles. The zero-order valence-electron chi connectivity index (χ0n) is 11.4. The quantitative estimate of drug-likeness (QED) is 0.835. The van der Waals surface area contributed by atoms with Gasteiger partial charge in [-0.3, -0.25) is 4.79 Å². The lowest BCUT2D eigenvalue weighted by Crippen LogP contribution is -2.48. The molecule has 19 heavy (non-hydrogen) atoms. The Labute approximate surface area is 117 Å². The minimum absolute atomic E-state index is 0.0895. The maximum Gasteiger partial charge on any atom is 0.261 e. The van der Waals surface area contributed by atoms with E-state index in [2.05, 4.69) is 5.32 Å². The van der Waals surface area contributed by atoms with Crippen molar-refractivity contribution in [1.29, 1.82) is 0 Å². The SMILES string of the molecule is CO[C@@H]1CCCC[C@@H](NC(=O)c2sccc2C)[C@H]1O. The molecule has 0 aliphatic heterocycles. The van der Waals surface area contributed by atoms with E-state index in [9.17, 15) is 9.90 Å². The highest BCUT2D eigenvalue weighted by atomic mass is 32.1. The van der Waals surface area contributed by atoms with Crippen molar-refractivity contribution in [2.75, 3.05) is 7.11 Å². The summed E-state index contributed by atoms with van der Waals surface area (Å²) in [6.07, 6.45) is 2.87. The van der Waals surface area contributed by atoms with Gasteiger partial charge in [-0.25, -0.2) is 0 Å². The first-order chi connectivity index (χ1) is 9.13. The summed E-state index contributed by atoms with van der Waals surface area (Å²) >= 11 is 1.43. The van der Waals surface area contributed by atoms with Crippen LogP contribution in [-0.2, 0) is 4.74 Å². The first-order valence-electron chi connectivity index (χ1n) is 6.69. The molecule has 0 radical (unpaired) electrons. The second-order valence-electron chi connectivity index (χ2n) is 5.06. The largest absolute Gasteiger partial charge is 0.388 e. The number of amides is 1. The third-order valence-corrected chi connectivity index (χ3v) is 4.75. The van der Waals surface area contributed by atoms with Crippen molar-refractivity contribution < 1.29 is 14.6 Å². The number of methoxy groups -OCH3 is 1. The summed E-state index contributed by atoms with van der Waals surface area (Å²) in [6.45, 7) is 1.92. The Morgan fingerprint density at radius 3 is 2.84 bits per heavy atom. The number of aliphatic hydroxyl groups excluding tert-OH is 1. The van der Waals surface area contributed by atoms with Gasteiger partial charge in [0.1, 0.15) is 6.10 Å². The molecule has 0 saturated heterocycles. The monoisotopic (exact) mass is 283 g/mol. The standard InChI is InChI=1S/C14H21NO3S/c1-9-7-8-19-13(9)14(17)15-10-5-3-4-6-11(18-2)12(10)16/h7-8,10-12,16H,3-6H2,1-2H3,(H,15,17)/t10-,11-,12-/m1/s1. The van der Waals surface area contributed by atoms with Gasteiger partial charge in [0.2, 0.25) is 0 Å². The number of nitrogens with one attached hydrogen (secondary N) is 1. The average molecular weight is 283 g/mol. The minimum atomic E-state index is -0.628. The fourth-order valence-corrected chi connectivity index (χ4v) is 3.39. The zero-order valence-corrected chi connectivity index (χ0v) is 12.2. The van der Waals surface area contributed by atoms with Crippen molar-refractivity contribution in [1.82, 2.24) is 5.32 Å². The molecule has 1 aromatic rings. The topological polar surface area (TPSA) is 58.6 Å². The smallest absolute Gasteiger partial charge is 0.261 e. The number of ether oxygens (including phenoxy) is 1. The molecular formula is C14H21NO3S. The number of hydrogen-bond donors (Lipinski definition) is 2. The van der Waals surface area contributed by atoms with Crippen LogP contribution >= 0.6 is 11.3 Å². The van der Waals surface area contributed by atoms with E-state index in [1.807, 2.05) is 18.4 Å². The average Bonchev–Trinajstić information content (AvgIpc) is 2.75. The predicted octanol–water partition coefficient (Wildman–Crippen LogP) is 2.10. The summed E-state index contributed by atoms with van der Waals surface area (Å²) in [6, 6.07) is 1.71. The zero-order chi connectivity index (χ0) is 13.8.